The van der Waals surface area contributed by atoms with Gasteiger partial charge in [0.2, 0.25) is 0 Å². The molecule has 0 aliphatic rings. The van der Waals surface area contributed by atoms with Gasteiger partial charge in [0.1, 0.15) is 0 Å². The fourth-order valence-electron chi connectivity index (χ4n) is 0.422. The Kier molecular flexibility index (Phi) is 3.67. The zero-order chi connectivity index (χ0) is 8.20. The Morgan fingerprint density at radius 2 is 1.80 bits per heavy atom. The van der Waals surface area contributed by atoms with Crippen LogP contribution in [-0.2, 0) is 0 Å². The molecule has 0 saturated heterocycles. The zero-order valence-electron chi connectivity index (χ0n) is 5.23. The average Bonchev–Trinajstić information content (AvgIpc) is 1.81. The van der Waals surface area contributed by atoms with Crippen LogP contribution in [0.1, 0.15) is 12.8 Å². The molecule has 1 atom stereocenters. The Labute approximate surface area is 56.3 Å². The fraction of sp³-hybridized carbons (Fsp3) is 1.00. The lowest BCUT2D eigenvalue weighted by Crippen LogP contribution is -2.17. The van der Waals surface area contributed by atoms with E-state index in [4.69, 9.17) is 10.2 Å². The van der Waals surface area contributed by atoms with Crippen molar-refractivity contribution < 1.29 is 23.4 Å². The molecule has 10 heavy (non-hydrogen) atoms. The van der Waals surface area contributed by atoms with Gasteiger partial charge in [-0.15, -0.1) is 0 Å². The van der Waals surface area contributed by atoms with E-state index in [1.165, 1.54) is 0 Å². The van der Waals surface area contributed by atoms with Crippen molar-refractivity contribution in [3.05, 3.63) is 0 Å². The molecule has 0 radical (unpaired) electrons. The molecule has 2 nitrogen and oxygen atoms in total. The Morgan fingerprint density at radius 1 is 1.30 bits per heavy atom. The summed E-state index contributed by atoms with van der Waals surface area (Å²) in [6.07, 6.45) is -6.97. The summed E-state index contributed by atoms with van der Waals surface area (Å²) < 4.78 is 34.1. The summed E-state index contributed by atoms with van der Waals surface area (Å²) in [6.45, 7) is -0.615. The summed E-state index contributed by atoms with van der Waals surface area (Å²) in [6, 6.07) is 0. The van der Waals surface area contributed by atoms with E-state index in [2.05, 4.69) is 0 Å². The van der Waals surface area contributed by atoms with Gasteiger partial charge < -0.3 is 10.2 Å². The van der Waals surface area contributed by atoms with Gasteiger partial charge in [-0.1, -0.05) is 0 Å². The third-order valence-electron chi connectivity index (χ3n) is 0.972. The summed E-state index contributed by atoms with van der Waals surface area (Å²) in [5, 5.41) is 16.6. The lowest BCUT2D eigenvalue weighted by atomic mass is 10.2. The molecule has 0 bridgehead atoms. The van der Waals surface area contributed by atoms with Crippen LogP contribution in [0, 0.1) is 0 Å². The molecule has 0 fully saturated rings. The maximum Gasteiger partial charge on any atom is 0.389 e. The molecular weight excluding hydrogens is 149 g/mol. The minimum atomic E-state index is -4.24. The second-order valence-corrected chi connectivity index (χ2v) is 1.99. The van der Waals surface area contributed by atoms with Crippen molar-refractivity contribution in [3.63, 3.8) is 0 Å². The van der Waals surface area contributed by atoms with E-state index < -0.39 is 31.7 Å². The van der Waals surface area contributed by atoms with Gasteiger partial charge in [-0.2, -0.15) is 13.2 Å². The largest absolute Gasteiger partial charge is 0.394 e. The van der Waals surface area contributed by atoms with Crippen molar-refractivity contribution in [2.75, 3.05) is 6.61 Å². The van der Waals surface area contributed by atoms with Crippen LogP contribution in [0.2, 0.25) is 0 Å². The topological polar surface area (TPSA) is 40.5 Å². The highest BCUT2D eigenvalue weighted by molar-refractivity contribution is 4.57. The van der Waals surface area contributed by atoms with E-state index in [1.807, 2.05) is 0 Å². The van der Waals surface area contributed by atoms with Gasteiger partial charge >= 0.3 is 6.18 Å². The fourth-order valence-corrected chi connectivity index (χ4v) is 0.422. The molecule has 0 spiro atoms. The highest BCUT2D eigenvalue weighted by atomic mass is 19.4. The number of alkyl halides is 3. The zero-order valence-corrected chi connectivity index (χ0v) is 5.23. The molecule has 0 aliphatic carbocycles. The first kappa shape index (κ1) is 9.71. The molecule has 0 aromatic carbocycles. The van der Waals surface area contributed by atoms with Gasteiger partial charge in [-0.05, 0) is 6.42 Å². The molecule has 0 saturated carbocycles. The monoisotopic (exact) mass is 158 g/mol. The second kappa shape index (κ2) is 3.78. The van der Waals surface area contributed by atoms with E-state index >= 15 is 0 Å². The van der Waals surface area contributed by atoms with Crippen LogP contribution in [0.15, 0.2) is 0 Å². The molecule has 62 valence electrons. The first-order valence-corrected chi connectivity index (χ1v) is 2.81. The number of rotatable bonds is 3. The van der Waals surface area contributed by atoms with Gasteiger partial charge in [0.25, 0.3) is 0 Å². The van der Waals surface area contributed by atoms with E-state index in [0.29, 0.717) is 0 Å². The van der Waals surface area contributed by atoms with E-state index in [1.54, 1.807) is 0 Å². The number of aliphatic hydroxyl groups excluding tert-OH is 2. The summed E-state index contributed by atoms with van der Waals surface area (Å²) in [5.41, 5.74) is 0. The van der Waals surface area contributed by atoms with Crippen LogP contribution in [0.25, 0.3) is 0 Å². The third kappa shape index (κ3) is 5.84. The Hall–Kier alpha value is -0.290. The van der Waals surface area contributed by atoms with Crippen LogP contribution in [0.5, 0.6) is 0 Å². The second-order valence-electron chi connectivity index (χ2n) is 1.99. The standard InChI is InChI=1S/C5H9F3O2/c6-5(7,8)2-1-4(10)3-9/h4,9-10H,1-3H2. The molecule has 0 aliphatic heterocycles. The number of hydrogen-bond donors (Lipinski definition) is 2. The maximum atomic E-state index is 11.4. The number of hydrogen-bond acceptors (Lipinski definition) is 2. The van der Waals surface area contributed by atoms with Crippen LogP contribution < -0.4 is 0 Å². The molecule has 1 unspecified atom stereocenters. The van der Waals surface area contributed by atoms with Crippen molar-refractivity contribution in [2.45, 2.75) is 25.1 Å². The molecule has 0 heterocycles. The third-order valence-corrected chi connectivity index (χ3v) is 0.972. The summed E-state index contributed by atoms with van der Waals surface area (Å²) in [7, 11) is 0. The van der Waals surface area contributed by atoms with E-state index in [9.17, 15) is 13.2 Å². The Bertz CT molecular complexity index is 91.4. The highest BCUT2D eigenvalue weighted by Crippen LogP contribution is 2.21. The summed E-state index contributed by atoms with van der Waals surface area (Å²) in [5.74, 6) is 0. The lowest BCUT2D eigenvalue weighted by molar-refractivity contribution is -0.140. The highest BCUT2D eigenvalue weighted by Gasteiger charge is 2.27. The quantitative estimate of drug-likeness (QED) is 0.634. The molecular formula is C5H9F3O2. The number of halogens is 3. The van der Waals surface area contributed by atoms with Crippen molar-refractivity contribution in [1.29, 1.82) is 0 Å². The van der Waals surface area contributed by atoms with Crippen molar-refractivity contribution in [1.82, 2.24) is 0 Å². The van der Waals surface area contributed by atoms with Gasteiger partial charge in [0.15, 0.2) is 0 Å². The normalized spacial score (nSPS) is 15.3. The summed E-state index contributed by atoms with van der Waals surface area (Å²) >= 11 is 0. The van der Waals surface area contributed by atoms with Gasteiger partial charge in [0, 0.05) is 6.42 Å². The predicted octanol–water partition coefficient (Wildman–Crippen LogP) is 0.682. The molecule has 0 amide bonds. The van der Waals surface area contributed by atoms with Crippen LogP contribution in [0.3, 0.4) is 0 Å². The maximum absolute atomic E-state index is 11.4. The lowest BCUT2D eigenvalue weighted by Gasteiger charge is -2.08. The molecule has 5 heteroatoms. The van der Waals surface area contributed by atoms with Gasteiger partial charge in [-0.3, -0.25) is 0 Å². The van der Waals surface area contributed by atoms with Crippen molar-refractivity contribution in [3.8, 4) is 0 Å². The van der Waals surface area contributed by atoms with Crippen LogP contribution in [-0.4, -0.2) is 29.1 Å². The first-order chi connectivity index (χ1) is 4.45. The van der Waals surface area contributed by atoms with E-state index in [0.717, 1.165) is 0 Å². The smallest absolute Gasteiger partial charge is 0.389 e. The SMILES string of the molecule is OCC(O)CCC(F)(F)F. The number of aliphatic hydroxyl groups is 2. The predicted molar refractivity (Wildman–Crippen MR) is 28.4 cm³/mol. The minimum Gasteiger partial charge on any atom is -0.394 e. The Balaban J connectivity index is 3.36. The molecule has 0 rings (SSSR count). The summed E-state index contributed by atoms with van der Waals surface area (Å²) in [4.78, 5) is 0. The van der Waals surface area contributed by atoms with E-state index in [-0.39, 0.29) is 0 Å². The first-order valence-electron chi connectivity index (χ1n) is 2.81. The van der Waals surface area contributed by atoms with Crippen molar-refractivity contribution in [2.24, 2.45) is 0 Å². The van der Waals surface area contributed by atoms with Crippen LogP contribution >= 0.6 is 0 Å². The average molecular weight is 158 g/mol. The minimum absolute atomic E-state index is 0.431. The molecule has 0 aromatic rings. The Morgan fingerprint density at radius 3 is 2.10 bits per heavy atom. The molecule has 2 N–H and O–H groups in total. The van der Waals surface area contributed by atoms with Crippen LogP contribution in [0.4, 0.5) is 13.2 Å². The van der Waals surface area contributed by atoms with Gasteiger partial charge in [-0.25, -0.2) is 0 Å². The van der Waals surface area contributed by atoms with Gasteiger partial charge in [0.05, 0.1) is 12.7 Å². The van der Waals surface area contributed by atoms with Crippen molar-refractivity contribution >= 4 is 0 Å². The molecule has 0 aromatic heterocycles.